The van der Waals surface area contributed by atoms with Crippen LogP contribution in [0.15, 0.2) is 40.1 Å². The summed E-state index contributed by atoms with van der Waals surface area (Å²) in [5, 5.41) is 2.72. The minimum Gasteiger partial charge on any atom is -0.294 e. The monoisotopic (exact) mass is 266 g/mol. The standard InChI is InChI=1S/C14H15ClOS/c1-14(2)8-7-10(13(14)16)9-17-12-5-3-11(15)4-6-12/h3-6,9H,7-8H2,1-2H3/b10-9-. The molecular weight excluding hydrogens is 252 g/mol. The van der Waals surface area contributed by atoms with E-state index in [0.717, 1.165) is 28.3 Å². The molecule has 0 aliphatic heterocycles. The highest BCUT2D eigenvalue weighted by molar-refractivity contribution is 8.02. The molecule has 1 aromatic rings. The first-order valence-electron chi connectivity index (χ1n) is 5.65. The van der Waals surface area contributed by atoms with Crippen molar-refractivity contribution in [3.05, 3.63) is 40.3 Å². The maximum Gasteiger partial charge on any atom is 0.164 e. The van der Waals surface area contributed by atoms with E-state index in [0.29, 0.717) is 5.78 Å². The Hall–Kier alpha value is -0.730. The Morgan fingerprint density at radius 1 is 1.29 bits per heavy atom. The van der Waals surface area contributed by atoms with Gasteiger partial charge in [0.25, 0.3) is 0 Å². The molecule has 0 N–H and O–H groups in total. The first kappa shape index (κ1) is 12.7. The van der Waals surface area contributed by atoms with Crippen molar-refractivity contribution < 1.29 is 4.79 Å². The van der Waals surface area contributed by atoms with E-state index in [-0.39, 0.29) is 5.41 Å². The third-order valence-corrected chi connectivity index (χ3v) is 4.28. The number of thioether (sulfide) groups is 1. The minimum absolute atomic E-state index is 0.174. The number of hydrogen-bond acceptors (Lipinski definition) is 2. The van der Waals surface area contributed by atoms with E-state index in [4.69, 9.17) is 11.6 Å². The quantitative estimate of drug-likeness (QED) is 0.570. The van der Waals surface area contributed by atoms with Gasteiger partial charge in [-0.05, 0) is 42.5 Å². The number of carbonyl (C=O) groups is 1. The molecule has 17 heavy (non-hydrogen) atoms. The Balaban J connectivity index is 2.07. The van der Waals surface area contributed by atoms with Crippen LogP contribution in [0.4, 0.5) is 0 Å². The Labute approximate surface area is 111 Å². The molecule has 0 amide bonds. The van der Waals surface area contributed by atoms with Crippen molar-refractivity contribution in [2.75, 3.05) is 0 Å². The lowest BCUT2D eigenvalue weighted by atomic mass is 9.90. The van der Waals surface area contributed by atoms with Crippen molar-refractivity contribution in [3.63, 3.8) is 0 Å². The summed E-state index contributed by atoms with van der Waals surface area (Å²) >= 11 is 7.41. The molecule has 90 valence electrons. The zero-order valence-electron chi connectivity index (χ0n) is 10.00. The Morgan fingerprint density at radius 2 is 1.94 bits per heavy atom. The van der Waals surface area contributed by atoms with Crippen LogP contribution in [-0.2, 0) is 4.79 Å². The lowest BCUT2D eigenvalue weighted by Crippen LogP contribution is -2.16. The second-order valence-electron chi connectivity index (χ2n) is 4.93. The summed E-state index contributed by atoms with van der Waals surface area (Å²) in [6.45, 7) is 4.03. The molecule has 3 heteroatoms. The fourth-order valence-corrected chi connectivity index (χ4v) is 2.80. The average Bonchev–Trinajstić information content (AvgIpc) is 2.55. The number of halogens is 1. The second kappa shape index (κ2) is 4.87. The van der Waals surface area contributed by atoms with E-state index in [1.54, 1.807) is 11.8 Å². The number of carbonyl (C=O) groups excluding carboxylic acids is 1. The van der Waals surface area contributed by atoms with Gasteiger partial charge in [-0.25, -0.2) is 0 Å². The largest absolute Gasteiger partial charge is 0.294 e. The number of benzene rings is 1. The van der Waals surface area contributed by atoms with Gasteiger partial charge in [0.1, 0.15) is 0 Å². The van der Waals surface area contributed by atoms with Crippen molar-refractivity contribution in [1.29, 1.82) is 0 Å². The minimum atomic E-state index is -0.174. The molecule has 0 heterocycles. The van der Waals surface area contributed by atoms with Gasteiger partial charge in [-0.15, -0.1) is 0 Å². The summed E-state index contributed by atoms with van der Waals surface area (Å²) in [6.07, 6.45) is 1.85. The predicted molar refractivity (Wildman–Crippen MR) is 73.4 cm³/mol. The zero-order chi connectivity index (χ0) is 12.5. The van der Waals surface area contributed by atoms with Crippen LogP contribution < -0.4 is 0 Å². The van der Waals surface area contributed by atoms with Gasteiger partial charge in [0.05, 0.1) is 0 Å². The third kappa shape index (κ3) is 2.93. The molecule has 0 atom stereocenters. The SMILES string of the molecule is CC1(C)CC/C(=C/Sc2ccc(Cl)cc2)C1=O. The Kier molecular flexibility index (Phi) is 3.64. The van der Waals surface area contributed by atoms with E-state index in [1.807, 2.05) is 43.5 Å². The number of allylic oxidation sites excluding steroid dienone is 1. The van der Waals surface area contributed by atoms with Gasteiger partial charge in [-0.2, -0.15) is 0 Å². The summed E-state index contributed by atoms with van der Waals surface area (Å²) in [5.74, 6) is 0.291. The van der Waals surface area contributed by atoms with Gasteiger partial charge in [0.2, 0.25) is 0 Å². The fraction of sp³-hybridized carbons (Fsp3) is 0.357. The van der Waals surface area contributed by atoms with Crippen LogP contribution in [0.5, 0.6) is 0 Å². The molecule has 0 saturated heterocycles. The van der Waals surface area contributed by atoms with Gasteiger partial charge in [-0.1, -0.05) is 37.2 Å². The van der Waals surface area contributed by atoms with Gasteiger partial charge in [-0.3, -0.25) is 4.79 Å². The van der Waals surface area contributed by atoms with Crippen LogP contribution in [0, 0.1) is 5.41 Å². The molecule has 0 spiro atoms. The van der Waals surface area contributed by atoms with Crippen molar-refractivity contribution in [3.8, 4) is 0 Å². The van der Waals surface area contributed by atoms with E-state index >= 15 is 0 Å². The molecule has 1 aromatic carbocycles. The molecule has 1 saturated carbocycles. The van der Waals surface area contributed by atoms with E-state index in [9.17, 15) is 4.79 Å². The average molecular weight is 267 g/mol. The van der Waals surface area contributed by atoms with Crippen molar-refractivity contribution in [2.24, 2.45) is 5.41 Å². The number of ketones is 1. The van der Waals surface area contributed by atoms with Crippen LogP contribution in [0.2, 0.25) is 5.02 Å². The van der Waals surface area contributed by atoms with Crippen molar-refractivity contribution in [2.45, 2.75) is 31.6 Å². The summed E-state index contributed by atoms with van der Waals surface area (Å²) in [7, 11) is 0. The summed E-state index contributed by atoms with van der Waals surface area (Å²) < 4.78 is 0. The summed E-state index contributed by atoms with van der Waals surface area (Å²) in [5.41, 5.74) is 0.779. The normalized spacial score (nSPS) is 21.1. The van der Waals surface area contributed by atoms with Gasteiger partial charge >= 0.3 is 0 Å². The van der Waals surface area contributed by atoms with E-state index in [2.05, 4.69) is 0 Å². The van der Waals surface area contributed by atoms with Gasteiger partial charge in [0.15, 0.2) is 5.78 Å². The van der Waals surface area contributed by atoms with Crippen LogP contribution in [0.25, 0.3) is 0 Å². The third-order valence-electron chi connectivity index (χ3n) is 3.08. The fourth-order valence-electron chi connectivity index (χ4n) is 1.87. The highest BCUT2D eigenvalue weighted by Crippen LogP contribution is 2.38. The molecule has 0 radical (unpaired) electrons. The number of hydrogen-bond donors (Lipinski definition) is 0. The molecule has 1 aliphatic carbocycles. The van der Waals surface area contributed by atoms with Crippen LogP contribution >= 0.6 is 23.4 Å². The molecule has 0 unspecified atom stereocenters. The van der Waals surface area contributed by atoms with Crippen molar-refractivity contribution in [1.82, 2.24) is 0 Å². The lowest BCUT2D eigenvalue weighted by Gasteiger charge is -2.12. The molecule has 1 fully saturated rings. The second-order valence-corrected chi connectivity index (χ2v) is 6.31. The van der Waals surface area contributed by atoms with Gasteiger partial charge in [0, 0.05) is 20.9 Å². The summed E-state index contributed by atoms with van der Waals surface area (Å²) in [4.78, 5) is 13.1. The molecule has 2 rings (SSSR count). The van der Waals surface area contributed by atoms with Crippen molar-refractivity contribution >= 4 is 29.1 Å². The van der Waals surface area contributed by atoms with Crippen LogP contribution in [0.1, 0.15) is 26.7 Å². The smallest absolute Gasteiger partial charge is 0.164 e. The van der Waals surface area contributed by atoms with E-state index < -0.39 is 0 Å². The zero-order valence-corrected chi connectivity index (χ0v) is 11.6. The summed E-state index contributed by atoms with van der Waals surface area (Å²) in [6, 6.07) is 7.66. The first-order chi connectivity index (χ1) is 7.99. The maximum absolute atomic E-state index is 12.0. The van der Waals surface area contributed by atoms with Crippen LogP contribution in [-0.4, -0.2) is 5.78 Å². The topological polar surface area (TPSA) is 17.1 Å². The molecular formula is C14H15ClOS. The number of Topliss-reactive ketones (excluding diaryl/α,β-unsaturated/α-hetero) is 1. The number of rotatable bonds is 2. The van der Waals surface area contributed by atoms with Crippen LogP contribution in [0.3, 0.4) is 0 Å². The van der Waals surface area contributed by atoms with E-state index in [1.165, 1.54) is 0 Å². The predicted octanol–water partition coefficient (Wildman–Crippen LogP) is 4.71. The van der Waals surface area contributed by atoms with Gasteiger partial charge < -0.3 is 0 Å². The highest BCUT2D eigenvalue weighted by atomic mass is 35.5. The molecule has 0 bridgehead atoms. The molecule has 1 nitrogen and oxygen atoms in total. The molecule has 0 aromatic heterocycles. The lowest BCUT2D eigenvalue weighted by molar-refractivity contribution is -0.121. The Bertz CT molecular complexity index is 460. The highest BCUT2D eigenvalue weighted by Gasteiger charge is 2.36. The molecule has 1 aliphatic rings. The first-order valence-corrected chi connectivity index (χ1v) is 6.91. The maximum atomic E-state index is 12.0. The Morgan fingerprint density at radius 3 is 2.47 bits per heavy atom.